The van der Waals surface area contributed by atoms with Gasteiger partial charge in [0.25, 0.3) is 5.91 Å². The number of nitrogens with zero attached hydrogens (tertiary/aromatic N) is 2. The lowest BCUT2D eigenvalue weighted by Crippen LogP contribution is -2.37. The van der Waals surface area contributed by atoms with Gasteiger partial charge in [-0.05, 0) is 47.8 Å². The van der Waals surface area contributed by atoms with Crippen molar-refractivity contribution in [1.82, 2.24) is 9.88 Å². The molecule has 1 aliphatic heterocycles. The molecule has 2 rings (SSSR count). The molecule has 5 heteroatoms. The van der Waals surface area contributed by atoms with Crippen LogP contribution in [-0.4, -0.2) is 41.6 Å². The molecule has 0 spiro atoms. The zero-order chi connectivity index (χ0) is 13.0. The lowest BCUT2D eigenvalue weighted by Gasteiger charge is -2.24. The van der Waals surface area contributed by atoms with Gasteiger partial charge < -0.3 is 9.64 Å². The van der Waals surface area contributed by atoms with Crippen LogP contribution in [-0.2, 0) is 4.74 Å². The Bertz CT molecular complexity index is 419. The standard InChI is InChI=1S/C13H17BrN2O2/c1-2-16(9-10-5-4-8-18-10)13(17)11-6-3-7-15-12(11)14/h3,6-7,10H,2,4-5,8-9H2,1H3. The number of ether oxygens (including phenoxy) is 1. The third kappa shape index (κ3) is 3.09. The van der Waals surface area contributed by atoms with Gasteiger partial charge in [0.05, 0.1) is 11.7 Å². The van der Waals surface area contributed by atoms with Crippen molar-refractivity contribution in [2.24, 2.45) is 0 Å². The molecular weight excluding hydrogens is 296 g/mol. The summed E-state index contributed by atoms with van der Waals surface area (Å²) < 4.78 is 6.18. The molecule has 1 aromatic heterocycles. The van der Waals surface area contributed by atoms with Gasteiger partial charge in [-0.3, -0.25) is 4.79 Å². The SMILES string of the molecule is CCN(CC1CCCO1)C(=O)c1cccnc1Br. The monoisotopic (exact) mass is 312 g/mol. The van der Waals surface area contributed by atoms with Gasteiger partial charge in [-0.15, -0.1) is 0 Å². The van der Waals surface area contributed by atoms with Crippen molar-refractivity contribution in [2.45, 2.75) is 25.9 Å². The number of carbonyl (C=O) groups excluding carboxylic acids is 1. The van der Waals surface area contributed by atoms with Crippen LogP contribution in [0.4, 0.5) is 0 Å². The average molecular weight is 313 g/mol. The highest BCUT2D eigenvalue weighted by Crippen LogP contribution is 2.18. The Morgan fingerprint density at radius 3 is 3.11 bits per heavy atom. The summed E-state index contributed by atoms with van der Waals surface area (Å²) in [6, 6.07) is 3.56. The quantitative estimate of drug-likeness (QED) is 0.802. The van der Waals surface area contributed by atoms with Gasteiger partial charge in [-0.25, -0.2) is 4.98 Å². The summed E-state index contributed by atoms with van der Waals surface area (Å²) in [6.45, 7) is 4.14. The molecule has 1 aliphatic rings. The molecule has 1 amide bonds. The first-order chi connectivity index (χ1) is 8.72. The van der Waals surface area contributed by atoms with Crippen molar-refractivity contribution < 1.29 is 9.53 Å². The number of halogens is 1. The predicted octanol–water partition coefficient (Wildman–Crippen LogP) is 2.49. The van der Waals surface area contributed by atoms with E-state index in [-0.39, 0.29) is 12.0 Å². The second kappa shape index (κ2) is 6.29. The molecule has 4 nitrogen and oxygen atoms in total. The van der Waals surface area contributed by atoms with Gasteiger partial charge in [-0.1, -0.05) is 0 Å². The molecule has 0 saturated carbocycles. The van der Waals surface area contributed by atoms with E-state index in [1.54, 1.807) is 18.3 Å². The predicted molar refractivity (Wildman–Crippen MR) is 72.5 cm³/mol. The van der Waals surface area contributed by atoms with Crippen LogP contribution in [0.3, 0.4) is 0 Å². The second-order valence-corrected chi connectivity index (χ2v) is 5.07. The molecule has 0 bridgehead atoms. The van der Waals surface area contributed by atoms with Crippen molar-refractivity contribution in [2.75, 3.05) is 19.7 Å². The average Bonchev–Trinajstić information content (AvgIpc) is 2.88. The topological polar surface area (TPSA) is 42.4 Å². The smallest absolute Gasteiger partial charge is 0.256 e. The molecular formula is C13H17BrN2O2. The summed E-state index contributed by atoms with van der Waals surface area (Å²) in [7, 11) is 0. The lowest BCUT2D eigenvalue weighted by atomic mass is 10.2. The molecule has 1 saturated heterocycles. The van der Waals surface area contributed by atoms with E-state index in [1.165, 1.54) is 0 Å². The minimum absolute atomic E-state index is 0.00738. The van der Waals surface area contributed by atoms with E-state index in [0.717, 1.165) is 19.4 Å². The van der Waals surface area contributed by atoms with E-state index in [0.29, 0.717) is 23.3 Å². The van der Waals surface area contributed by atoms with E-state index >= 15 is 0 Å². The number of aromatic nitrogens is 1. The molecule has 1 unspecified atom stereocenters. The van der Waals surface area contributed by atoms with Gasteiger partial charge in [0.1, 0.15) is 4.60 Å². The Labute approximate surface area is 115 Å². The summed E-state index contributed by atoms with van der Waals surface area (Å²) in [4.78, 5) is 18.3. The lowest BCUT2D eigenvalue weighted by molar-refractivity contribution is 0.0538. The fourth-order valence-electron chi connectivity index (χ4n) is 2.11. The number of hydrogen-bond acceptors (Lipinski definition) is 3. The van der Waals surface area contributed by atoms with Crippen molar-refractivity contribution in [3.8, 4) is 0 Å². The summed E-state index contributed by atoms with van der Waals surface area (Å²) in [5.41, 5.74) is 0.609. The molecule has 1 aromatic rings. The molecule has 0 aromatic carbocycles. The van der Waals surface area contributed by atoms with Gasteiger partial charge in [0, 0.05) is 25.9 Å². The van der Waals surface area contributed by atoms with Crippen molar-refractivity contribution >= 4 is 21.8 Å². The highest BCUT2D eigenvalue weighted by molar-refractivity contribution is 9.10. The van der Waals surface area contributed by atoms with Crippen LogP contribution in [0.1, 0.15) is 30.1 Å². The van der Waals surface area contributed by atoms with Gasteiger partial charge in [0.15, 0.2) is 0 Å². The summed E-state index contributed by atoms with van der Waals surface area (Å²) in [6.07, 6.45) is 3.98. The molecule has 0 N–H and O–H groups in total. The Kier molecular flexibility index (Phi) is 4.72. The number of rotatable bonds is 4. The van der Waals surface area contributed by atoms with E-state index in [1.807, 2.05) is 11.8 Å². The molecule has 98 valence electrons. The van der Waals surface area contributed by atoms with Crippen LogP contribution in [0, 0.1) is 0 Å². The molecule has 2 heterocycles. The van der Waals surface area contributed by atoms with Gasteiger partial charge in [-0.2, -0.15) is 0 Å². The first-order valence-electron chi connectivity index (χ1n) is 6.23. The van der Waals surface area contributed by atoms with Crippen LogP contribution >= 0.6 is 15.9 Å². The minimum Gasteiger partial charge on any atom is -0.376 e. The number of pyridine rings is 1. The number of carbonyl (C=O) groups is 1. The van der Waals surface area contributed by atoms with Crippen LogP contribution < -0.4 is 0 Å². The maximum Gasteiger partial charge on any atom is 0.256 e. The van der Waals surface area contributed by atoms with Crippen molar-refractivity contribution in [3.63, 3.8) is 0 Å². The van der Waals surface area contributed by atoms with Crippen LogP contribution in [0.2, 0.25) is 0 Å². The van der Waals surface area contributed by atoms with E-state index in [4.69, 9.17) is 4.74 Å². The number of likely N-dealkylation sites (N-methyl/N-ethyl adjacent to an activating group) is 1. The zero-order valence-corrected chi connectivity index (χ0v) is 12.0. The highest BCUT2D eigenvalue weighted by atomic mass is 79.9. The van der Waals surface area contributed by atoms with Crippen LogP contribution in [0.25, 0.3) is 0 Å². The van der Waals surface area contributed by atoms with Crippen LogP contribution in [0.5, 0.6) is 0 Å². The second-order valence-electron chi connectivity index (χ2n) is 4.32. The zero-order valence-electron chi connectivity index (χ0n) is 10.4. The largest absolute Gasteiger partial charge is 0.376 e. The molecule has 0 aliphatic carbocycles. The van der Waals surface area contributed by atoms with Gasteiger partial charge >= 0.3 is 0 Å². The summed E-state index contributed by atoms with van der Waals surface area (Å²) in [5, 5.41) is 0. The van der Waals surface area contributed by atoms with Crippen molar-refractivity contribution in [3.05, 3.63) is 28.5 Å². The third-order valence-corrected chi connectivity index (χ3v) is 3.74. The molecule has 0 radical (unpaired) electrons. The molecule has 1 fully saturated rings. The van der Waals surface area contributed by atoms with E-state index in [9.17, 15) is 4.79 Å². The van der Waals surface area contributed by atoms with Crippen molar-refractivity contribution in [1.29, 1.82) is 0 Å². The van der Waals surface area contributed by atoms with Gasteiger partial charge in [0.2, 0.25) is 0 Å². The summed E-state index contributed by atoms with van der Waals surface area (Å²) in [5.74, 6) is 0.00738. The van der Waals surface area contributed by atoms with E-state index in [2.05, 4.69) is 20.9 Å². The first-order valence-corrected chi connectivity index (χ1v) is 7.03. The third-order valence-electron chi connectivity index (χ3n) is 3.11. The summed E-state index contributed by atoms with van der Waals surface area (Å²) >= 11 is 3.32. The Balaban J connectivity index is 2.07. The molecule has 18 heavy (non-hydrogen) atoms. The fraction of sp³-hybridized carbons (Fsp3) is 0.538. The first kappa shape index (κ1) is 13.5. The highest BCUT2D eigenvalue weighted by Gasteiger charge is 2.23. The normalized spacial score (nSPS) is 18.9. The van der Waals surface area contributed by atoms with Crippen LogP contribution in [0.15, 0.2) is 22.9 Å². The minimum atomic E-state index is 0.00738. The number of hydrogen-bond donors (Lipinski definition) is 0. The number of amides is 1. The molecule has 1 atom stereocenters. The Hall–Kier alpha value is -0.940. The maximum absolute atomic E-state index is 12.4. The van der Waals surface area contributed by atoms with E-state index < -0.39 is 0 Å². The Morgan fingerprint density at radius 2 is 2.50 bits per heavy atom. The fourth-order valence-corrected chi connectivity index (χ4v) is 2.53. The Morgan fingerprint density at radius 1 is 1.67 bits per heavy atom. The maximum atomic E-state index is 12.4.